The summed E-state index contributed by atoms with van der Waals surface area (Å²) >= 11 is 0. The smallest absolute Gasteiger partial charge is 0.316 e. The molecular weight excluding hydrogens is 240 g/mol. The average Bonchev–Trinajstić information content (AvgIpc) is 2.42. The molecule has 112 valence electrons. The lowest BCUT2D eigenvalue weighted by atomic mass is 9.97. The summed E-state index contributed by atoms with van der Waals surface area (Å²) in [6.45, 7) is 6.44. The number of hydrogen-bond donors (Lipinski definition) is 0. The molecule has 0 amide bonds. The molecule has 0 bridgehead atoms. The van der Waals surface area contributed by atoms with Gasteiger partial charge in [-0.1, -0.05) is 59.3 Å². The van der Waals surface area contributed by atoms with E-state index in [4.69, 9.17) is 4.74 Å². The Kier molecular flexibility index (Phi) is 11.6. The molecule has 0 radical (unpaired) electrons. The lowest BCUT2D eigenvalue weighted by Crippen LogP contribution is -2.26. The van der Waals surface area contributed by atoms with Crippen LogP contribution >= 0.6 is 0 Å². The largest absolute Gasteiger partial charge is 0.465 e. The fourth-order valence-corrected chi connectivity index (χ4v) is 2.10. The van der Waals surface area contributed by atoms with E-state index in [0.29, 0.717) is 19.4 Å². The number of ether oxygens (including phenoxy) is 1. The van der Waals surface area contributed by atoms with Crippen molar-refractivity contribution in [1.29, 1.82) is 0 Å². The number of rotatable bonds is 12. The van der Waals surface area contributed by atoms with Gasteiger partial charge in [-0.3, -0.25) is 9.59 Å². The molecule has 1 unspecified atom stereocenters. The van der Waals surface area contributed by atoms with E-state index in [2.05, 4.69) is 6.92 Å². The van der Waals surface area contributed by atoms with Crippen molar-refractivity contribution in [1.82, 2.24) is 0 Å². The highest BCUT2D eigenvalue weighted by atomic mass is 16.5. The number of hydrogen-bond acceptors (Lipinski definition) is 3. The minimum Gasteiger partial charge on any atom is -0.465 e. The van der Waals surface area contributed by atoms with Crippen molar-refractivity contribution in [3.63, 3.8) is 0 Å². The first-order valence-electron chi connectivity index (χ1n) is 7.86. The molecule has 0 aromatic carbocycles. The number of Topliss-reactive ketones (excluding diaryl/α,β-unsaturated/α-hetero) is 1. The Balaban J connectivity index is 3.78. The average molecular weight is 270 g/mol. The Labute approximate surface area is 118 Å². The van der Waals surface area contributed by atoms with Crippen LogP contribution in [-0.4, -0.2) is 18.4 Å². The Morgan fingerprint density at radius 3 is 2.11 bits per heavy atom. The summed E-state index contributed by atoms with van der Waals surface area (Å²) < 4.78 is 5.23. The molecule has 0 heterocycles. The van der Waals surface area contributed by atoms with E-state index >= 15 is 0 Å². The normalized spacial score (nSPS) is 12.2. The second-order valence-electron chi connectivity index (χ2n) is 5.10. The molecule has 0 spiro atoms. The molecule has 0 rings (SSSR count). The van der Waals surface area contributed by atoms with Gasteiger partial charge in [0.25, 0.3) is 0 Å². The molecule has 0 aliphatic heterocycles. The van der Waals surface area contributed by atoms with Gasteiger partial charge in [0.1, 0.15) is 11.7 Å². The van der Waals surface area contributed by atoms with Crippen molar-refractivity contribution >= 4 is 11.8 Å². The number of esters is 1. The number of ketones is 1. The highest BCUT2D eigenvalue weighted by molar-refractivity contribution is 5.98. The first-order valence-corrected chi connectivity index (χ1v) is 7.86. The quantitative estimate of drug-likeness (QED) is 0.302. The SMILES string of the molecule is CCCCCCCCOC(=O)C(CCC)C(=O)CC. The van der Waals surface area contributed by atoms with E-state index in [9.17, 15) is 9.59 Å². The molecule has 3 nitrogen and oxygen atoms in total. The zero-order valence-corrected chi connectivity index (χ0v) is 12.9. The first kappa shape index (κ1) is 18.1. The van der Waals surface area contributed by atoms with Crippen LogP contribution in [0.4, 0.5) is 0 Å². The van der Waals surface area contributed by atoms with Crippen LogP contribution in [0.25, 0.3) is 0 Å². The van der Waals surface area contributed by atoms with Gasteiger partial charge in [-0.05, 0) is 12.8 Å². The molecule has 0 aliphatic carbocycles. The highest BCUT2D eigenvalue weighted by Gasteiger charge is 2.25. The lowest BCUT2D eigenvalue weighted by molar-refractivity contribution is -0.152. The monoisotopic (exact) mass is 270 g/mol. The van der Waals surface area contributed by atoms with Crippen LogP contribution in [0, 0.1) is 5.92 Å². The van der Waals surface area contributed by atoms with Crippen molar-refractivity contribution in [3.8, 4) is 0 Å². The van der Waals surface area contributed by atoms with Crippen molar-refractivity contribution in [2.24, 2.45) is 5.92 Å². The molecule has 1 atom stereocenters. The second-order valence-corrected chi connectivity index (χ2v) is 5.10. The standard InChI is InChI=1S/C16H30O3/c1-4-7-8-9-10-11-13-19-16(18)14(12-5-2)15(17)6-3/h14H,4-13H2,1-3H3. The van der Waals surface area contributed by atoms with Gasteiger partial charge in [-0.15, -0.1) is 0 Å². The molecule has 0 N–H and O–H groups in total. The fraction of sp³-hybridized carbons (Fsp3) is 0.875. The minimum atomic E-state index is -0.532. The van der Waals surface area contributed by atoms with Crippen LogP contribution in [0.15, 0.2) is 0 Å². The fourth-order valence-electron chi connectivity index (χ4n) is 2.10. The summed E-state index contributed by atoms with van der Waals surface area (Å²) in [6, 6.07) is 0. The van der Waals surface area contributed by atoms with E-state index in [1.165, 1.54) is 25.7 Å². The third-order valence-corrected chi connectivity index (χ3v) is 3.34. The Morgan fingerprint density at radius 1 is 0.895 bits per heavy atom. The zero-order chi connectivity index (χ0) is 14.5. The van der Waals surface area contributed by atoms with Gasteiger partial charge in [-0.25, -0.2) is 0 Å². The molecule has 0 aromatic heterocycles. The van der Waals surface area contributed by atoms with Crippen LogP contribution < -0.4 is 0 Å². The van der Waals surface area contributed by atoms with Gasteiger partial charge >= 0.3 is 5.97 Å². The molecule has 3 heteroatoms. The van der Waals surface area contributed by atoms with Crippen molar-refractivity contribution in [2.75, 3.05) is 6.61 Å². The van der Waals surface area contributed by atoms with Gasteiger partial charge in [0, 0.05) is 6.42 Å². The maximum absolute atomic E-state index is 11.8. The van der Waals surface area contributed by atoms with E-state index in [1.54, 1.807) is 6.92 Å². The maximum atomic E-state index is 11.8. The maximum Gasteiger partial charge on any atom is 0.316 e. The third-order valence-electron chi connectivity index (χ3n) is 3.34. The van der Waals surface area contributed by atoms with Crippen LogP contribution in [0.1, 0.15) is 78.6 Å². The molecule has 0 aromatic rings. The van der Waals surface area contributed by atoms with Crippen LogP contribution in [0.5, 0.6) is 0 Å². The second kappa shape index (κ2) is 12.2. The molecule has 0 saturated heterocycles. The van der Waals surface area contributed by atoms with Gasteiger partial charge in [0.2, 0.25) is 0 Å². The highest BCUT2D eigenvalue weighted by Crippen LogP contribution is 2.13. The van der Waals surface area contributed by atoms with Crippen molar-refractivity contribution in [2.45, 2.75) is 78.6 Å². The van der Waals surface area contributed by atoms with E-state index in [-0.39, 0.29) is 11.8 Å². The molecular formula is C16H30O3. The predicted molar refractivity (Wildman–Crippen MR) is 78.0 cm³/mol. The van der Waals surface area contributed by atoms with Crippen LogP contribution in [0.2, 0.25) is 0 Å². The number of carbonyl (C=O) groups excluding carboxylic acids is 2. The summed E-state index contributed by atoms with van der Waals surface area (Å²) in [5.41, 5.74) is 0. The Morgan fingerprint density at radius 2 is 1.53 bits per heavy atom. The van der Waals surface area contributed by atoms with Crippen molar-refractivity contribution < 1.29 is 14.3 Å². The predicted octanol–water partition coefficient (Wildman–Crippen LogP) is 4.29. The topological polar surface area (TPSA) is 43.4 Å². The molecule has 0 aliphatic rings. The summed E-state index contributed by atoms with van der Waals surface area (Å²) in [5.74, 6) is -0.841. The number of carbonyl (C=O) groups is 2. The number of unbranched alkanes of at least 4 members (excludes halogenated alkanes) is 5. The summed E-state index contributed by atoms with van der Waals surface area (Å²) in [5, 5.41) is 0. The summed E-state index contributed by atoms with van der Waals surface area (Å²) in [7, 11) is 0. The van der Waals surface area contributed by atoms with Crippen LogP contribution in [0.3, 0.4) is 0 Å². The van der Waals surface area contributed by atoms with E-state index in [1.807, 2.05) is 6.92 Å². The summed E-state index contributed by atoms with van der Waals surface area (Å²) in [4.78, 5) is 23.5. The third kappa shape index (κ3) is 8.79. The zero-order valence-electron chi connectivity index (χ0n) is 12.9. The lowest BCUT2D eigenvalue weighted by Gasteiger charge is -2.13. The van der Waals surface area contributed by atoms with Gasteiger partial charge in [0.05, 0.1) is 6.61 Å². The van der Waals surface area contributed by atoms with E-state index < -0.39 is 5.92 Å². The molecule has 0 saturated carbocycles. The Bertz CT molecular complexity index is 248. The van der Waals surface area contributed by atoms with Gasteiger partial charge < -0.3 is 4.74 Å². The van der Waals surface area contributed by atoms with Gasteiger partial charge in [-0.2, -0.15) is 0 Å². The molecule has 0 fully saturated rings. The van der Waals surface area contributed by atoms with Crippen LogP contribution in [-0.2, 0) is 14.3 Å². The first-order chi connectivity index (χ1) is 9.17. The minimum absolute atomic E-state index is 0.00907. The Hall–Kier alpha value is -0.860. The summed E-state index contributed by atoms with van der Waals surface area (Å²) in [6.07, 6.45) is 8.87. The van der Waals surface area contributed by atoms with Gasteiger partial charge in [0.15, 0.2) is 0 Å². The van der Waals surface area contributed by atoms with E-state index in [0.717, 1.165) is 19.3 Å². The van der Waals surface area contributed by atoms with Crippen molar-refractivity contribution in [3.05, 3.63) is 0 Å². The molecule has 19 heavy (non-hydrogen) atoms.